The number of aromatic amines is 1. The third-order valence-electron chi connectivity index (χ3n) is 6.32. The van der Waals surface area contributed by atoms with Crippen molar-refractivity contribution >= 4 is 5.91 Å². The number of carbonyl (C=O) groups excluding carboxylic acids is 1. The number of hydrogen-bond acceptors (Lipinski definition) is 3. The molecule has 3 heterocycles. The Balaban J connectivity index is 1.57. The van der Waals surface area contributed by atoms with Gasteiger partial charge in [-0.15, -0.1) is 0 Å². The Morgan fingerprint density at radius 3 is 2.74 bits per heavy atom. The first kappa shape index (κ1) is 18.2. The summed E-state index contributed by atoms with van der Waals surface area (Å²) in [5.41, 5.74) is 4.48. The fourth-order valence-corrected chi connectivity index (χ4v) is 4.83. The maximum absolute atomic E-state index is 13.2. The summed E-state index contributed by atoms with van der Waals surface area (Å²) in [7, 11) is 0. The molecule has 1 aliphatic heterocycles. The Kier molecular flexibility index (Phi) is 5.55. The van der Waals surface area contributed by atoms with Crippen LogP contribution in [0.1, 0.15) is 75.1 Å². The molecule has 5 heteroatoms. The number of aromatic nitrogens is 3. The van der Waals surface area contributed by atoms with Crippen molar-refractivity contribution in [1.82, 2.24) is 20.1 Å². The highest BCUT2D eigenvalue weighted by Crippen LogP contribution is 2.37. The van der Waals surface area contributed by atoms with Crippen LogP contribution in [-0.2, 0) is 4.79 Å². The molecule has 2 aromatic rings. The summed E-state index contributed by atoms with van der Waals surface area (Å²) in [6, 6.07) is 2.15. The number of rotatable bonds is 4. The van der Waals surface area contributed by atoms with E-state index in [2.05, 4.69) is 27.0 Å². The van der Waals surface area contributed by atoms with E-state index in [9.17, 15) is 4.79 Å². The maximum atomic E-state index is 13.2. The molecule has 1 N–H and O–H groups in total. The summed E-state index contributed by atoms with van der Waals surface area (Å²) >= 11 is 0. The molecule has 2 aromatic heterocycles. The van der Waals surface area contributed by atoms with Gasteiger partial charge >= 0.3 is 0 Å². The predicted octanol–water partition coefficient (Wildman–Crippen LogP) is 4.80. The molecule has 0 unspecified atom stereocenters. The normalized spacial score (nSPS) is 21.4. The number of amides is 1. The molecule has 1 atom stereocenters. The first-order valence-corrected chi connectivity index (χ1v) is 10.5. The number of likely N-dealkylation sites (tertiary alicyclic amines) is 1. The van der Waals surface area contributed by atoms with Crippen LogP contribution in [0.15, 0.2) is 24.7 Å². The van der Waals surface area contributed by atoms with Gasteiger partial charge in [-0.05, 0) is 62.1 Å². The van der Waals surface area contributed by atoms with Crippen molar-refractivity contribution in [3.05, 3.63) is 35.9 Å². The zero-order chi connectivity index (χ0) is 18.6. The number of piperidine rings is 1. The lowest BCUT2D eigenvalue weighted by molar-refractivity contribution is -0.136. The van der Waals surface area contributed by atoms with Crippen molar-refractivity contribution in [3.63, 3.8) is 0 Å². The van der Waals surface area contributed by atoms with Gasteiger partial charge < -0.3 is 4.90 Å². The van der Waals surface area contributed by atoms with Crippen molar-refractivity contribution in [2.24, 2.45) is 5.92 Å². The molecule has 0 bridgehead atoms. The van der Waals surface area contributed by atoms with Gasteiger partial charge in [-0.2, -0.15) is 5.10 Å². The van der Waals surface area contributed by atoms with Crippen LogP contribution in [0.25, 0.3) is 11.1 Å². The van der Waals surface area contributed by atoms with E-state index >= 15 is 0 Å². The van der Waals surface area contributed by atoms with E-state index in [0.29, 0.717) is 18.2 Å². The molecule has 1 aliphatic carbocycles. The number of hydrogen-bond donors (Lipinski definition) is 1. The molecule has 1 saturated heterocycles. The van der Waals surface area contributed by atoms with Gasteiger partial charge in [0, 0.05) is 30.9 Å². The van der Waals surface area contributed by atoms with Gasteiger partial charge in [0.1, 0.15) is 0 Å². The van der Waals surface area contributed by atoms with Gasteiger partial charge in [0.2, 0.25) is 5.91 Å². The molecule has 0 radical (unpaired) electrons. The highest BCUT2D eigenvalue weighted by Gasteiger charge is 2.32. The average Bonchev–Trinajstić information content (AvgIpc) is 3.18. The van der Waals surface area contributed by atoms with E-state index in [-0.39, 0.29) is 6.04 Å². The number of pyridine rings is 1. The fourth-order valence-electron chi connectivity index (χ4n) is 4.83. The summed E-state index contributed by atoms with van der Waals surface area (Å²) in [6.07, 6.45) is 15.9. The van der Waals surface area contributed by atoms with Crippen LogP contribution in [0.5, 0.6) is 0 Å². The molecule has 1 amide bonds. The minimum absolute atomic E-state index is 0.111. The minimum atomic E-state index is 0.111. The van der Waals surface area contributed by atoms with Crippen LogP contribution < -0.4 is 0 Å². The second kappa shape index (κ2) is 8.24. The summed E-state index contributed by atoms with van der Waals surface area (Å²) in [4.78, 5) is 19.5. The van der Waals surface area contributed by atoms with Crippen molar-refractivity contribution in [2.75, 3.05) is 6.54 Å². The van der Waals surface area contributed by atoms with Crippen LogP contribution in [0.2, 0.25) is 0 Å². The van der Waals surface area contributed by atoms with E-state index in [1.54, 1.807) is 0 Å². The number of nitrogens with zero attached hydrogens (tertiary/aromatic N) is 3. The lowest BCUT2D eigenvalue weighted by atomic mass is 9.86. The Bertz CT molecular complexity index is 778. The fraction of sp³-hybridized carbons (Fsp3) is 0.591. The summed E-state index contributed by atoms with van der Waals surface area (Å²) in [5.74, 6) is 0.913. The zero-order valence-corrected chi connectivity index (χ0v) is 16.3. The van der Waals surface area contributed by atoms with Gasteiger partial charge in [-0.3, -0.25) is 14.9 Å². The van der Waals surface area contributed by atoms with Crippen molar-refractivity contribution < 1.29 is 4.79 Å². The SMILES string of the molecule is Cc1cnccc1-c1cn[nH]c1[C@H]1CCCCN1C(=O)CC1CCCCC1. The standard InChI is InChI=1S/C22H30N4O/c1-16-14-23-11-10-18(16)19-15-24-25-22(19)20-9-5-6-12-26(20)21(27)13-17-7-3-2-4-8-17/h10-11,14-15,17,20H,2-9,12-13H2,1H3,(H,24,25)/t20-/m1/s1. The highest BCUT2D eigenvalue weighted by atomic mass is 16.2. The Hall–Kier alpha value is -2.17. The maximum Gasteiger partial charge on any atom is 0.223 e. The molecule has 4 rings (SSSR count). The molecule has 27 heavy (non-hydrogen) atoms. The van der Waals surface area contributed by atoms with Gasteiger partial charge in [0.05, 0.1) is 17.9 Å². The molecular weight excluding hydrogens is 336 g/mol. The van der Waals surface area contributed by atoms with Crippen LogP contribution in [0.3, 0.4) is 0 Å². The number of carbonyl (C=O) groups is 1. The summed E-state index contributed by atoms with van der Waals surface area (Å²) in [6.45, 7) is 2.94. The third kappa shape index (κ3) is 3.92. The largest absolute Gasteiger partial charge is 0.334 e. The lowest BCUT2D eigenvalue weighted by Crippen LogP contribution is -2.39. The van der Waals surface area contributed by atoms with E-state index in [4.69, 9.17) is 0 Å². The second-order valence-electron chi connectivity index (χ2n) is 8.19. The minimum Gasteiger partial charge on any atom is -0.334 e. The van der Waals surface area contributed by atoms with Crippen molar-refractivity contribution in [1.29, 1.82) is 0 Å². The van der Waals surface area contributed by atoms with E-state index in [1.807, 2.05) is 24.7 Å². The Morgan fingerprint density at radius 1 is 1.11 bits per heavy atom. The van der Waals surface area contributed by atoms with Crippen molar-refractivity contribution in [3.8, 4) is 11.1 Å². The van der Waals surface area contributed by atoms with Gasteiger partial charge in [-0.1, -0.05) is 19.3 Å². The van der Waals surface area contributed by atoms with Crippen LogP contribution in [0, 0.1) is 12.8 Å². The molecule has 2 fully saturated rings. The smallest absolute Gasteiger partial charge is 0.223 e. The highest BCUT2D eigenvalue weighted by molar-refractivity contribution is 5.78. The number of H-pyrrole nitrogens is 1. The second-order valence-corrected chi connectivity index (χ2v) is 8.19. The zero-order valence-electron chi connectivity index (χ0n) is 16.3. The van der Waals surface area contributed by atoms with Gasteiger partial charge in [0.15, 0.2) is 0 Å². The lowest BCUT2D eigenvalue weighted by Gasteiger charge is -2.37. The quantitative estimate of drug-likeness (QED) is 0.845. The molecular formula is C22H30N4O. The molecule has 2 aliphatic rings. The first-order chi connectivity index (χ1) is 13.2. The first-order valence-electron chi connectivity index (χ1n) is 10.5. The molecule has 0 spiro atoms. The van der Waals surface area contributed by atoms with E-state index < -0.39 is 0 Å². The monoisotopic (exact) mass is 366 g/mol. The average molecular weight is 367 g/mol. The molecule has 1 saturated carbocycles. The summed E-state index contributed by atoms with van der Waals surface area (Å²) < 4.78 is 0. The van der Waals surface area contributed by atoms with Crippen LogP contribution in [0.4, 0.5) is 0 Å². The Labute approximate surface area is 161 Å². The number of aryl methyl sites for hydroxylation is 1. The summed E-state index contributed by atoms with van der Waals surface area (Å²) in [5, 5.41) is 7.57. The van der Waals surface area contributed by atoms with E-state index in [1.165, 1.54) is 32.1 Å². The van der Waals surface area contributed by atoms with Gasteiger partial charge in [0.25, 0.3) is 0 Å². The molecule has 144 valence electrons. The predicted molar refractivity (Wildman–Crippen MR) is 106 cm³/mol. The van der Waals surface area contributed by atoms with Crippen LogP contribution in [-0.4, -0.2) is 32.5 Å². The topological polar surface area (TPSA) is 61.9 Å². The number of nitrogens with one attached hydrogen (secondary N) is 1. The van der Waals surface area contributed by atoms with Crippen molar-refractivity contribution in [2.45, 2.75) is 70.8 Å². The molecule has 0 aromatic carbocycles. The van der Waals surface area contributed by atoms with Gasteiger partial charge in [-0.25, -0.2) is 0 Å². The van der Waals surface area contributed by atoms with E-state index in [0.717, 1.165) is 48.2 Å². The Morgan fingerprint density at radius 2 is 1.93 bits per heavy atom. The van der Waals surface area contributed by atoms with Crippen LogP contribution >= 0.6 is 0 Å². The third-order valence-corrected chi connectivity index (χ3v) is 6.32. The molecule has 5 nitrogen and oxygen atoms in total.